The van der Waals surface area contributed by atoms with Gasteiger partial charge in [-0.1, -0.05) is 42.5 Å². The highest BCUT2D eigenvalue weighted by atomic mass is 16.5. The van der Waals surface area contributed by atoms with Crippen molar-refractivity contribution in [2.45, 2.75) is 0 Å². The average molecular weight is 346 g/mol. The smallest absolute Gasteiger partial charge is 0.338 e. The van der Waals surface area contributed by atoms with Gasteiger partial charge in [0.2, 0.25) is 0 Å². The number of hydrogen-bond acceptors (Lipinski definition) is 4. The Hall–Kier alpha value is -3.60. The Bertz CT molecular complexity index is 856. The lowest BCUT2D eigenvalue weighted by atomic mass is 10.2. The van der Waals surface area contributed by atoms with E-state index in [1.165, 1.54) is 11.0 Å². The predicted octanol–water partition coefficient (Wildman–Crippen LogP) is 3.79. The van der Waals surface area contributed by atoms with Gasteiger partial charge < -0.3 is 10.5 Å². The molecule has 0 saturated carbocycles. The van der Waals surface area contributed by atoms with E-state index in [4.69, 9.17) is 10.5 Å². The van der Waals surface area contributed by atoms with Gasteiger partial charge in [-0.2, -0.15) is 0 Å². The highest BCUT2D eigenvalue weighted by molar-refractivity contribution is 6.02. The average Bonchev–Trinajstić information content (AvgIpc) is 2.68. The molecule has 130 valence electrons. The number of ether oxygens (including phenoxy) is 1. The predicted molar refractivity (Wildman–Crippen MR) is 101 cm³/mol. The molecule has 3 aromatic rings. The molecule has 0 saturated heterocycles. The first-order valence-electron chi connectivity index (χ1n) is 8.11. The number of nitrogens with zero attached hydrogens (tertiary/aromatic N) is 1. The van der Waals surface area contributed by atoms with Crippen LogP contribution in [0.25, 0.3) is 0 Å². The minimum atomic E-state index is -0.591. The van der Waals surface area contributed by atoms with Crippen LogP contribution in [0.3, 0.4) is 0 Å². The number of carbonyl (C=O) groups is 2. The van der Waals surface area contributed by atoms with E-state index >= 15 is 0 Å². The fraction of sp³-hybridized carbons (Fsp3) is 0.0476. The molecule has 0 fully saturated rings. The number of anilines is 3. The van der Waals surface area contributed by atoms with Crippen molar-refractivity contribution in [1.29, 1.82) is 0 Å². The first-order valence-corrected chi connectivity index (χ1v) is 8.11. The molecule has 3 aromatic carbocycles. The molecule has 5 nitrogen and oxygen atoms in total. The Kier molecular flexibility index (Phi) is 5.29. The van der Waals surface area contributed by atoms with Crippen molar-refractivity contribution in [3.63, 3.8) is 0 Å². The largest absolute Gasteiger partial charge is 0.452 e. The van der Waals surface area contributed by atoms with Crippen molar-refractivity contribution in [3.8, 4) is 0 Å². The standard InChI is InChI=1S/C21H18N2O3/c22-17-9-7-8-16(14-17)21(25)26-15-20(24)23(18-10-3-1-4-11-18)19-12-5-2-6-13-19/h1-14H,15,22H2. The van der Waals surface area contributed by atoms with Gasteiger partial charge >= 0.3 is 5.97 Å². The van der Waals surface area contributed by atoms with E-state index in [9.17, 15) is 9.59 Å². The normalized spacial score (nSPS) is 10.2. The molecule has 0 heterocycles. The summed E-state index contributed by atoms with van der Waals surface area (Å²) in [7, 11) is 0. The Morgan fingerprint density at radius 3 is 1.92 bits per heavy atom. The molecule has 0 unspecified atom stereocenters. The number of para-hydroxylation sites is 2. The van der Waals surface area contributed by atoms with Crippen LogP contribution in [0, 0.1) is 0 Å². The molecule has 3 rings (SSSR count). The Morgan fingerprint density at radius 2 is 1.38 bits per heavy atom. The Labute approximate surface area is 151 Å². The second kappa shape index (κ2) is 7.98. The van der Waals surface area contributed by atoms with Crippen molar-refractivity contribution >= 4 is 28.9 Å². The zero-order valence-corrected chi connectivity index (χ0v) is 14.0. The summed E-state index contributed by atoms with van der Waals surface area (Å²) in [6.07, 6.45) is 0. The van der Waals surface area contributed by atoms with Gasteiger partial charge in [0, 0.05) is 17.1 Å². The molecule has 0 aliphatic heterocycles. The molecule has 0 radical (unpaired) electrons. The van der Waals surface area contributed by atoms with E-state index < -0.39 is 5.97 Å². The van der Waals surface area contributed by atoms with Crippen LogP contribution in [0.5, 0.6) is 0 Å². The van der Waals surface area contributed by atoms with E-state index in [0.29, 0.717) is 22.6 Å². The minimum absolute atomic E-state index is 0.309. The van der Waals surface area contributed by atoms with Crippen LogP contribution in [-0.4, -0.2) is 18.5 Å². The van der Waals surface area contributed by atoms with Crippen LogP contribution in [0.15, 0.2) is 84.9 Å². The van der Waals surface area contributed by atoms with Crippen LogP contribution in [0.1, 0.15) is 10.4 Å². The summed E-state index contributed by atoms with van der Waals surface area (Å²) in [4.78, 5) is 26.4. The summed E-state index contributed by atoms with van der Waals surface area (Å²) in [5.41, 5.74) is 7.83. The number of carbonyl (C=O) groups excluding carboxylic acids is 2. The summed E-state index contributed by atoms with van der Waals surface area (Å²) < 4.78 is 5.18. The van der Waals surface area contributed by atoms with Gasteiger partial charge in [-0.15, -0.1) is 0 Å². The third-order valence-corrected chi connectivity index (χ3v) is 3.73. The van der Waals surface area contributed by atoms with Gasteiger partial charge in [0.25, 0.3) is 5.91 Å². The van der Waals surface area contributed by atoms with Gasteiger partial charge in [-0.05, 0) is 42.5 Å². The molecule has 0 bridgehead atoms. The highest BCUT2D eigenvalue weighted by Crippen LogP contribution is 2.25. The lowest BCUT2D eigenvalue weighted by Gasteiger charge is -2.22. The van der Waals surface area contributed by atoms with Crippen molar-refractivity contribution in [3.05, 3.63) is 90.5 Å². The lowest BCUT2D eigenvalue weighted by Crippen LogP contribution is -2.30. The molecule has 0 aromatic heterocycles. The van der Waals surface area contributed by atoms with Crippen LogP contribution in [0.2, 0.25) is 0 Å². The molecule has 5 heteroatoms. The van der Waals surface area contributed by atoms with E-state index in [0.717, 1.165) is 0 Å². The summed E-state index contributed by atoms with van der Waals surface area (Å²) in [5, 5.41) is 0. The van der Waals surface area contributed by atoms with Crippen LogP contribution < -0.4 is 10.6 Å². The number of benzene rings is 3. The summed E-state index contributed by atoms with van der Waals surface area (Å²) in [6, 6.07) is 24.9. The zero-order valence-electron chi connectivity index (χ0n) is 14.0. The molecule has 0 aliphatic rings. The monoisotopic (exact) mass is 346 g/mol. The molecule has 2 N–H and O–H groups in total. The van der Waals surface area contributed by atoms with Crippen molar-refractivity contribution in [2.24, 2.45) is 0 Å². The number of amides is 1. The van der Waals surface area contributed by atoms with Crippen molar-refractivity contribution < 1.29 is 14.3 Å². The quantitative estimate of drug-likeness (QED) is 0.563. The zero-order chi connectivity index (χ0) is 18.4. The summed E-state index contributed by atoms with van der Waals surface area (Å²) >= 11 is 0. The number of nitrogens with two attached hydrogens (primary N) is 1. The van der Waals surface area contributed by atoms with Gasteiger partial charge in [0.05, 0.1) is 5.56 Å². The molecule has 1 amide bonds. The first kappa shape index (κ1) is 17.2. The van der Waals surface area contributed by atoms with Gasteiger partial charge in [0.15, 0.2) is 6.61 Å². The Balaban J connectivity index is 1.77. The number of hydrogen-bond donors (Lipinski definition) is 1. The third-order valence-electron chi connectivity index (χ3n) is 3.73. The van der Waals surface area contributed by atoms with Gasteiger partial charge in [-0.25, -0.2) is 4.79 Å². The van der Waals surface area contributed by atoms with Crippen molar-refractivity contribution in [1.82, 2.24) is 0 Å². The van der Waals surface area contributed by atoms with E-state index in [1.54, 1.807) is 18.2 Å². The molecular formula is C21H18N2O3. The van der Waals surface area contributed by atoms with Crippen LogP contribution in [0.4, 0.5) is 17.1 Å². The second-order valence-electron chi connectivity index (χ2n) is 5.60. The molecule has 26 heavy (non-hydrogen) atoms. The Morgan fingerprint density at radius 1 is 0.808 bits per heavy atom. The van der Waals surface area contributed by atoms with Gasteiger partial charge in [-0.3, -0.25) is 9.69 Å². The first-order chi connectivity index (χ1) is 12.6. The van der Waals surface area contributed by atoms with Crippen LogP contribution >= 0.6 is 0 Å². The third kappa shape index (κ3) is 4.08. The van der Waals surface area contributed by atoms with E-state index in [1.807, 2.05) is 60.7 Å². The van der Waals surface area contributed by atoms with E-state index in [2.05, 4.69) is 0 Å². The fourth-order valence-corrected chi connectivity index (χ4v) is 2.53. The number of esters is 1. The molecule has 0 atom stereocenters. The fourth-order valence-electron chi connectivity index (χ4n) is 2.53. The molecule has 0 aliphatic carbocycles. The lowest BCUT2D eigenvalue weighted by molar-refractivity contribution is -0.120. The van der Waals surface area contributed by atoms with Crippen molar-refractivity contribution in [2.75, 3.05) is 17.2 Å². The van der Waals surface area contributed by atoms with Crippen LogP contribution in [-0.2, 0) is 9.53 Å². The number of rotatable bonds is 5. The SMILES string of the molecule is Nc1cccc(C(=O)OCC(=O)N(c2ccccc2)c2ccccc2)c1. The number of nitrogen functional groups attached to an aromatic ring is 1. The topological polar surface area (TPSA) is 72.6 Å². The summed E-state index contributed by atoms with van der Waals surface area (Å²) in [5.74, 6) is -0.939. The van der Waals surface area contributed by atoms with Gasteiger partial charge in [0.1, 0.15) is 0 Å². The maximum atomic E-state index is 12.8. The minimum Gasteiger partial charge on any atom is -0.452 e. The molecular weight excluding hydrogens is 328 g/mol. The van der Waals surface area contributed by atoms with E-state index in [-0.39, 0.29) is 12.5 Å². The summed E-state index contributed by atoms with van der Waals surface area (Å²) in [6.45, 7) is -0.378. The maximum Gasteiger partial charge on any atom is 0.338 e. The highest BCUT2D eigenvalue weighted by Gasteiger charge is 2.20. The molecule has 0 spiro atoms. The maximum absolute atomic E-state index is 12.8. The second-order valence-corrected chi connectivity index (χ2v) is 5.60.